The number of Topliss-reactive ketones (excluding diaryl/α,β-unsaturated/α-hetero) is 1. The molecule has 7 heteroatoms. The van der Waals surface area contributed by atoms with Crippen molar-refractivity contribution < 1.29 is 23.9 Å². The standard InChI is InChI=1S/C17H18N2O5/c1-11(20)13-7-15(18-9-13)17(22)24-10-16(21)19-8-12-3-5-14(23-2)6-4-12/h3-7,9,18H,8,10H2,1-2H3,(H,19,21). The molecule has 0 unspecified atom stereocenters. The summed E-state index contributed by atoms with van der Waals surface area (Å²) in [6, 6.07) is 8.62. The van der Waals surface area contributed by atoms with Crippen molar-refractivity contribution in [2.24, 2.45) is 0 Å². The lowest BCUT2D eigenvalue weighted by Crippen LogP contribution is -2.28. The normalized spacial score (nSPS) is 10.1. The van der Waals surface area contributed by atoms with Gasteiger partial charge in [-0.1, -0.05) is 12.1 Å². The minimum absolute atomic E-state index is 0.128. The number of carbonyl (C=O) groups excluding carboxylic acids is 3. The van der Waals surface area contributed by atoms with Crippen molar-refractivity contribution in [3.8, 4) is 5.75 Å². The third-order valence-corrected chi connectivity index (χ3v) is 3.29. The Bertz CT molecular complexity index is 734. The van der Waals surface area contributed by atoms with Gasteiger partial charge in [-0.2, -0.15) is 0 Å². The van der Waals surface area contributed by atoms with Crippen LogP contribution in [0, 0.1) is 0 Å². The van der Waals surface area contributed by atoms with Gasteiger partial charge in [0.1, 0.15) is 11.4 Å². The molecule has 0 fully saturated rings. The molecule has 0 atom stereocenters. The van der Waals surface area contributed by atoms with Crippen molar-refractivity contribution >= 4 is 17.7 Å². The van der Waals surface area contributed by atoms with Gasteiger partial charge in [0.2, 0.25) is 0 Å². The number of ether oxygens (including phenoxy) is 2. The van der Waals surface area contributed by atoms with Crippen molar-refractivity contribution in [2.75, 3.05) is 13.7 Å². The van der Waals surface area contributed by atoms with E-state index >= 15 is 0 Å². The van der Waals surface area contributed by atoms with Crippen LogP contribution < -0.4 is 10.1 Å². The summed E-state index contributed by atoms with van der Waals surface area (Å²) in [5.41, 5.74) is 1.40. The number of aromatic amines is 1. The van der Waals surface area contributed by atoms with Gasteiger partial charge in [-0.15, -0.1) is 0 Å². The molecule has 0 aliphatic rings. The fraction of sp³-hybridized carbons (Fsp3) is 0.235. The van der Waals surface area contributed by atoms with Gasteiger partial charge in [0.05, 0.1) is 7.11 Å². The second kappa shape index (κ2) is 7.96. The quantitative estimate of drug-likeness (QED) is 0.595. The summed E-state index contributed by atoms with van der Waals surface area (Å²) in [7, 11) is 1.58. The smallest absolute Gasteiger partial charge is 0.355 e. The third-order valence-electron chi connectivity index (χ3n) is 3.29. The molecule has 0 radical (unpaired) electrons. The topological polar surface area (TPSA) is 97.5 Å². The second-order valence-electron chi connectivity index (χ2n) is 5.06. The van der Waals surface area contributed by atoms with Crippen LogP contribution in [0.15, 0.2) is 36.5 Å². The third kappa shape index (κ3) is 4.70. The Balaban J connectivity index is 1.77. The van der Waals surface area contributed by atoms with E-state index in [0.717, 1.165) is 11.3 Å². The lowest BCUT2D eigenvalue weighted by Gasteiger charge is -2.07. The molecule has 0 bridgehead atoms. The van der Waals surface area contributed by atoms with E-state index < -0.39 is 18.5 Å². The number of esters is 1. The van der Waals surface area contributed by atoms with Crippen molar-refractivity contribution in [3.63, 3.8) is 0 Å². The molecule has 0 saturated carbocycles. The number of hydrogen-bond donors (Lipinski definition) is 2. The fourth-order valence-corrected chi connectivity index (χ4v) is 1.92. The van der Waals surface area contributed by atoms with Crippen LogP contribution in [0.4, 0.5) is 0 Å². The number of amides is 1. The van der Waals surface area contributed by atoms with Crippen molar-refractivity contribution in [1.29, 1.82) is 0 Å². The molecule has 0 aliphatic heterocycles. The molecule has 2 aromatic rings. The molecular weight excluding hydrogens is 312 g/mol. The van der Waals surface area contributed by atoms with Crippen LogP contribution in [-0.2, 0) is 16.1 Å². The number of aromatic nitrogens is 1. The second-order valence-corrected chi connectivity index (χ2v) is 5.06. The van der Waals surface area contributed by atoms with E-state index in [1.807, 2.05) is 12.1 Å². The van der Waals surface area contributed by atoms with Crippen molar-refractivity contribution in [2.45, 2.75) is 13.5 Å². The Morgan fingerprint density at radius 3 is 2.46 bits per heavy atom. The first-order valence-electron chi connectivity index (χ1n) is 7.25. The number of ketones is 1. The van der Waals surface area contributed by atoms with E-state index in [1.54, 1.807) is 19.2 Å². The first kappa shape index (κ1) is 17.3. The minimum Gasteiger partial charge on any atom is -0.497 e. The molecule has 0 spiro atoms. The Morgan fingerprint density at radius 1 is 1.17 bits per heavy atom. The largest absolute Gasteiger partial charge is 0.497 e. The first-order valence-corrected chi connectivity index (χ1v) is 7.25. The lowest BCUT2D eigenvalue weighted by atomic mass is 10.2. The lowest BCUT2D eigenvalue weighted by molar-refractivity contribution is -0.124. The maximum absolute atomic E-state index is 11.8. The molecule has 2 N–H and O–H groups in total. The van der Waals surface area contributed by atoms with Crippen LogP contribution in [0.25, 0.3) is 0 Å². The van der Waals surface area contributed by atoms with E-state index in [9.17, 15) is 14.4 Å². The molecule has 24 heavy (non-hydrogen) atoms. The SMILES string of the molecule is COc1ccc(CNC(=O)COC(=O)c2cc(C(C)=O)c[nH]2)cc1. The Labute approximate surface area is 139 Å². The molecule has 1 amide bonds. The predicted octanol–water partition coefficient (Wildman–Crippen LogP) is 1.70. The van der Waals surface area contributed by atoms with Gasteiger partial charge < -0.3 is 19.8 Å². The highest BCUT2D eigenvalue weighted by molar-refractivity contribution is 5.97. The van der Waals surface area contributed by atoms with Crippen LogP contribution in [-0.4, -0.2) is 36.4 Å². The summed E-state index contributed by atoms with van der Waals surface area (Å²) in [5, 5.41) is 2.65. The highest BCUT2D eigenvalue weighted by Crippen LogP contribution is 2.11. The molecule has 7 nitrogen and oxygen atoms in total. The average molecular weight is 330 g/mol. The highest BCUT2D eigenvalue weighted by Gasteiger charge is 2.13. The van der Waals surface area contributed by atoms with E-state index in [4.69, 9.17) is 9.47 Å². The molecule has 0 saturated heterocycles. The van der Waals surface area contributed by atoms with Gasteiger partial charge >= 0.3 is 5.97 Å². The summed E-state index contributed by atoms with van der Waals surface area (Å²) < 4.78 is 9.94. The highest BCUT2D eigenvalue weighted by atomic mass is 16.5. The van der Waals surface area contributed by atoms with Crippen molar-refractivity contribution in [3.05, 3.63) is 53.3 Å². The van der Waals surface area contributed by atoms with Gasteiger partial charge in [0.15, 0.2) is 12.4 Å². The average Bonchev–Trinajstić information content (AvgIpc) is 3.08. The summed E-state index contributed by atoms with van der Waals surface area (Å²) in [5.74, 6) is -0.544. The number of benzene rings is 1. The van der Waals surface area contributed by atoms with E-state index in [1.165, 1.54) is 19.2 Å². The van der Waals surface area contributed by atoms with Gasteiger partial charge in [0, 0.05) is 18.3 Å². The molecule has 2 rings (SSSR count). The zero-order chi connectivity index (χ0) is 17.5. The number of methoxy groups -OCH3 is 1. The number of carbonyl (C=O) groups is 3. The Kier molecular flexibility index (Phi) is 5.73. The molecular formula is C17H18N2O5. The monoisotopic (exact) mass is 330 g/mol. The van der Waals surface area contributed by atoms with Crippen LogP contribution in [0.5, 0.6) is 5.75 Å². The predicted molar refractivity (Wildman–Crippen MR) is 85.9 cm³/mol. The summed E-state index contributed by atoms with van der Waals surface area (Å²) in [6.07, 6.45) is 1.42. The zero-order valence-electron chi connectivity index (χ0n) is 13.4. The molecule has 1 aromatic heterocycles. The molecule has 0 aliphatic carbocycles. The molecule has 1 heterocycles. The van der Waals surface area contributed by atoms with Crippen LogP contribution in [0.2, 0.25) is 0 Å². The maximum Gasteiger partial charge on any atom is 0.355 e. The van der Waals surface area contributed by atoms with Crippen LogP contribution in [0.3, 0.4) is 0 Å². The maximum atomic E-state index is 11.8. The first-order chi connectivity index (χ1) is 11.5. The number of H-pyrrole nitrogens is 1. The number of nitrogens with one attached hydrogen (secondary N) is 2. The Morgan fingerprint density at radius 2 is 1.88 bits per heavy atom. The van der Waals surface area contributed by atoms with E-state index in [0.29, 0.717) is 12.1 Å². The number of hydrogen-bond acceptors (Lipinski definition) is 5. The van der Waals surface area contributed by atoms with E-state index in [-0.39, 0.29) is 11.5 Å². The number of rotatable bonds is 7. The molecule has 126 valence electrons. The van der Waals surface area contributed by atoms with E-state index in [2.05, 4.69) is 10.3 Å². The van der Waals surface area contributed by atoms with Gasteiger partial charge in [0.25, 0.3) is 5.91 Å². The van der Waals surface area contributed by atoms with Crippen LogP contribution >= 0.6 is 0 Å². The Hall–Kier alpha value is -3.09. The summed E-state index contributed by atoms with van der Waals surface area (Å²) >= 11 is 0. The fourth-order valence-electron chi connectivity index (χ4n) is 1.92. The minimum atomic E-state index is -0.693. The summed E-state index contributed by atoms with van der Waals surface area (Å²) in [6.45, 7) is 1.31. The summed E-state index contributed by atoms with van der Waals surface area (Å²) in [4.78, 5) is 37.3. The van der Waals surface area contributed by atoms with Crippen molar-refractivity contribution in [1.82, 2.24) is 10.3 Å². The van der Waals surface area contributed by atoms with Gasteiger partial charge in [-0.3, -0.25) is 9.59 Å². The van der Waals surface area contributed by atoms with Gasteiger partial charge in [-0.25, -0.2) is 4.79 Å². The molecule has 1 aromatic carbocycles. The van der Waals surface area contributed by atoms with Crippen LogP contribution in [0.1, 0.15) is 33.3 Å². The zero-order valence-corrected chi connectivity index (χ0v) is 13.4. The van der Waals surface area contributed by atoms with Gasteiger partial charge in [-0.05, 0) is 30.7 Å².